The molecule has 0 amide bonds. The molecule has 3 aromatic heterocycles. The van der Waals surface area contributed by atoms with Crippen molar-refractivity contribution >= 4 is 31.5 Å². The monoisotopic (exact) mass is 430 g/mol. The summed E-state index contributed by atoms with van der Waals surface area (Å²) < 4.78 is 8.61. The third kappa shape index (κ3) is 3.51. The molecule has 0 bridgehead atoms. The van der Waals surface area contributed by atoms with Crippen LogP contribution in [0.2, 0.25) is 0 Å². The van der Waals surface area contributed by atoms with Crippen molar-refractivity contribution in [3.8, 4) is 34.3 Å². The summed E-state index contributed by atoms with van der Waals surface area (Å²) in [6.07, 6.45) is 0. The maximum absolute atomic E-state index is 6.03. The molecule has 3 nitrogen and oxygen atoms in total. The van der Waals surface area contributed by atoms with Crippen molar-refractivity contribution in [2.24, 2.45) is 0 Å². The highest BCUT2D eigenvalue weighted by molar-refractivity contribution is 7.25. The zero-order chi connectivity index (χ0) is 21.3. The molecule has 32 heavy (non-hydrogen) atoms. The second kappa shape index (κ2) is 7.91. The van der Waals surface area contributed by atoms with E-state index in [2.05, 4.69) is 47.4 Å². The standard InChI is InChI=1S/C28H18N2OS/c1-2-8-19(9-3-1)23-11-6-14-27(29-23)31-28-15-7-12-24(30-28)20-16-17-26-22(18-20)21-10-4-5-13-25(21)32-26/h1-18H. The molecule has 3 heterocycles. The highest BCUT2D eigenvalue weighted by Crippen LogP contribution is 2.36. The number of thiophene rings is 1. The maximum Gasteiger partial charge on any atom is 0.221 e. The minimum Gasteiger partial charge on any atom is -0.421 e. The lowest BCUT2D eigenvalue weighted by Gasteiger charge is -2.08. The van der Waals surface area contributed by atoms with Crippen molar-refractivity contribution in [3.63, 3.8) is 0 Å². The van der Waals surface area contributed by atoms with Gasteiger partial charge in [0.2, 0.25) is 11.8 Å². The largest absolute Gasteiger partial charge is 0.421 e. The summed E-state index contributed by atoms with van der Waals surface area (Å²) in [5, 5.41) is 2.54. The molecule has 0 unspecified atom stereocenters. The average Bonchev–Trinajstić information content (AvgIpc) is 3.23. The number of hydrogen-bond acceptors (Lipinski definition) is 4. The first-order chi connectivity index (χ1) is 15.8. The molecule has 0 saturated carbocycles. The molecular weight excluding hydrogens is 412 g/mol. The summed E-state index contributed by atoms with van der Waals surface area (Å²) in [6.45, 7) is 0. The minimum absolute atomic E-state index is 0.523. The van der Waals surface area contributed by atoms with Crippen molar-refractivity contribution < 1.29 is 4.74 Å². The van der Waals surface area contributed by atoms with Gasteiger partial charge >= 0.3 is 0 Å². The van der Waals surface area contributed by atoms with E-state index < -0.39 is 0 Å². The van der Waals surface area contributed by atoms with Crippen molar-refractivity contribution in [2.45, 2.75) is 0 Å². The van der Waals surface area contributed by atoms with E-state index in [9.17, 15) is 0 Å². The van der Waals surface area contributed by atoms with Crippen LogP contribution in [0.4, 0.5) is 0 Å². The van der Waals surface area contributed by atoms with E-state index in [-0.39, 0.29) is 0 Å². The number of aromatic nitrogens is 2. The van der Waals surface area contributed by atoms with Gasteiger partial charge in [0.1, 0.15) is 0 Å². The van der Waals surface area contributed by atoms with Gasteiger partial charge in [-0.3, -0.25) is 0 Å². The molecule has 0 fully saturated rings. The summed E-state index contributed by atoms with van der Waals surface area (Å²) >= 11 is 1.82. The lowest BCUT2D eigenvalue weighted by molar-refractivity contribution is 0.446. The molecule has 4 heteroatoms. The third-order valence-corrected chi connectivity index (χ3v) is 6.55. The smallest absolute Gasteiger partial charge is 0.221 e. The van der Waals surface area contributed by atoms with Crippen molar-refractivity contribution in [2.75, 3.05) is 0 Å². The molecule has 0 spiro atoms. The molecule has 3 aromatic carbocycles. The van der Waals surface area contributed by atoms with E-state index in [1.165, 1.54) is 20.2 Å². The number of rotatable bonds is 4. The first-order valence-corrected chi connectivity index (χ1v) is 11.2. The van der Waals surface area contributed by atoms with Gasteiger partial charge in [-0.25, -0.2) is 9.97 Å². The Balaban J connectivity index is 1.33. The molecule has 0 aliphatic heterocycles. The van der Waals surface area contributed by atoms with Crippen molar-refractivity contribution in [1.29, 1.82) is 0 Å². The van der Waals surface area contributed by atoms with Crippen LogP contribution in [-0.2, 0) is 0 Å². The molecule has 0 saturated heterocycles. The van der Waals surface area contributed by atoms with E-state index in [0.717, 1.165) is 22.5 Å². The minimum atomic E-state index is 0.523. The number of benzene rings is 3. The quantitative estimate of drug-likeness (QED) is 0.284. The van der Waals surface area contributed by atoms with Gasteiger partial charge in [0.15, 0.2) is 0 Å². The van der Waals surface area contributed by atoms with E-state index in [4.69, 9.17) is 9.72 Å². The summed E-state index contributed by atoms with van der Waals surface area (Å²) in [5.41, 5.74) is 3.86. The lowest BCUT2D eigenvalue weighted by Crippen LogP contribution is -1.93. The summed E-state index contributed by atoms with van der Waals surface area (Å²) in [5.74, 6) is 1.05. The second-order valence-corrected chi connectivity index (χ2v) is 8.58. The van der Waals surface area contributed by atoms with Crippen LogP contribution in [0.15, 0.2) is 109 Å². The van der Waals surface area contributed by atoms with Crippen LogP contribution < -0.4 is 4.74 Å². The van der Waals surface area contributed by atoms with Crippen LogP contribution in [0.3, 0.4) is 0 Å². The second-order valence-electron chi connectivity index (χ2n) is 7.50. The number of pyridine rings is 2. The van der Waals surface area contributed by atoms with Crippen LogP contribution >= 0.6 is 11.3 Å². The van der Waals surface area contributed by atoms with Gasteiger partial charge in [-0.1, -0.05) is 66.7 Å². The summed E-state index contributed by atoms with van der Waals surface area (Å²) in [6, 6.07) is 36.7. The molecule has 0 atom stereocenters. The predicted molar refractivity (Wildman–Crippen MR) is 132 cm³/mol. The highest BCUT2D eigenvalue weighted by Gasteiger charge is 2.09. The Morgan fingerprint density at radius 3 is 1.94 bits per heavy atom. The average molecular weight is 431 g/mol. The Hall–Kier alpha value is -4.02. The Morgan fingerprint density at radius 1 is 0.500 bits per heavy atom. The highest BCUT2D eigenvalue weighted by atomic mass is 32.1. The van der Waals surface area contributed by atoms with Gasteiger partial charge in [0.05, 0.1) is 11.4 Å². The summed E-state index contributed by atoms with van der Waals surface area (Å²) in [4.78, 5) is 9.40. The lowest BCUT2D eigenvalue weighted by atomic mass is 10.1. The van der Waals surface area contributed by atoms with Gasteiger partial charge < -0.3 is 4.74 Å². The normalized spacial score (nSPS) is 11.1. The molecule has 0 aliphatic carbocycles. The fourth-order valence-electron chi connectivity index (χ4n) is 3.87. The van der Waals surface area contributed by atoms with E-state index in [0.29, 0.717) is 11.8 Å². The van der Waals surface area contributed by atoms with Crippen molar-refractivity contribution in [1.82, 2.24) is 9.97 Å². The Kier molecular flexibility index (Phi) is 4.63. The third-order valence-electron chi connectivity index (χ3n) is 5.40. The number of fused-ring (bicyclic) bond motifs is 3. The zero-order valence-electron chi connectivity index (χ0n) is 17.1. The molecular formula is C28H18N2OS. The fourth-order valence-corrected chi connectivity index (χ4v) is 4.95. The van der Waals surface area contributed by atoms with Crippen LogP contribution in [0.1, 0.15) is 0 Å². The number of ether oxygens (including phenoxy) is 1. The van der Waals surface area contributed by atoms with E-state index in [1.807, 2.05) is 78.1 Å². The molecule has 0 aliphatic rings. The van der Waals surface area contributed by atoms with Crippen LogP contribution in [0, 0.1) is 0 Å². The molecule has 152 valence electrons. The van der Waals surface area contributed by atoms with Gasteiger partial charge in [-0.05, 0) is 30.3 Å². The van der Waals surface area contributed by atoms with Gasteiger partial charge in [-0.15, -0.1) is 11.3 Å². The molecule has 0 N–H and O–H groups in total. The zero-order valence-corrected chi connectivity index (χ0v) is 17.9. The fraction of sp³-hybridized carbons (Fsp3) is 0. The van der Waals surface area contributed by atoms with E-state index in [1.54, 1.807) is 0 Å². The van der Waals surface area contributed by atoms with Crippen LogP contribution in [-0.4, -0.2) is 9.97 Å². The Labute approximate surface area is 189 Å². The van der Waals surface area contributed by atoms with E-state index >= 15 is 0 Å². The van der Waals surface area contributed by atoms with Crippen LogP contribution in [0.25, 0.3) is 42.7 Å². The van der Waals surface area contributed by atoms with Gasteiger partial charge in [0, 0.05) is 43.4 Å². The SMILES string of the molecule is c1ccc(-c2cccc(Oc3cccc(-c4ccc5sc6ccccc6c5c4)n3)n2)cc1. The van der Waals surface area contributed by atoms with Gasteiger partial charge in [0.25, 0.3) is 0 Å². The predicted octanol–water partition coefficient (Wildman–Crippen LogP) is 7.97. The summed E-state index contributed by atoms with van der Waals surface area (Å²) in [7, 11) is 0. The topological polar surface area (TPSA) is 35.0 Å². The maximum atomic E-state index is 6.03. The van der Waals surface area contributed by atoms with Gasteiger partial charge in [-0.2, -0.15) is 0 Å². The Bertz CT molecular complexity index is 1560. The number of nitrogens with zero attached hydrogens (tertiary/aromatic N) is 2. The first kappa shape index (κ1) is 18.7. The first-order valence-electron chi connectivity index (χ1n) is 10.4. The van der Waals surface area contributed by atoms with Crippen LogP contribution in [0.5, 0.6) is 11.8 Å². The molecule has 0 radical (unpaired) electrons. The number of hydrogen-bond donors (Lipinski definition) is 0. The molecule has 6 rings (SSSR count). The Morgan fingerprint density at radius 2 is 1.16 bits per heavy atom. The molecule has 6 aromatic rings. The van der Waals surface area contributed by atoms with Crippen molar-refractivity contribution in [3.05, 3.63) is 109 Å².